The Morgan fingerprint density at radius 2 is 1.15 bits per heavy atom. The van der Waals surface area contributed by atoms with Crippen molar-refractivity contribution in [3.8, 4) is 0 Å². The van der Waals surface area contributed by atoms with E-state index in [1.165, 1.54) is 13.8 Å². The van der Waals surface area contributed by atoms with Crippen molar-refractivity contribution in [2.45, 2.75) is 153 Å². The highest BCUT2D eigenvalue weighted by Gasteiger charge is 2.37. The largest absolute Gasteiger partial charge is 0.393 e. The number of hydrogen-bond acceptors (Lipinski definition) is 17. The molecule has 0 spiro atoms. The second-order valence-corrected chi connectivity index (χ2v) is 21.1. The second kappa shape index (κ2) is 34.6. The maximum atomic E-state index is 14.6. The lowest BCUT2D eigenvalue weighted by Crippen LogP contribution is -2.57. The van der Waals surface area contributed by atoms with E-state index in [0.29, 0.717) is 11.1 Å². The number of aliphatic hydroxyl groups is 2. The quantitative estimate of drug-likeness (QED) is 0.0585. The molecule has 2 aromatic rings. The first kappa shape index (κ1) is 66.9. The molecule has 18 N–H and O–H groups in total. The molecular weight excluding hydrogens is 1020 g/mol. The monoisotopic (exact) mass is 1110 g/mol. The fourth-order valence-electron chi connectivity index (χ4n) is 9.45. The van der Waals surface area contributed by atoms with Gasteiger partial charge in [-0.3, -0.25) is 47.9 Å². The van der Waals surface area contributed by atoms with Crippen LogP contribution in [0.15, 0.2) is 60.7 Å². The smallest absolute Gasteiger partial charge is 0.243 e. The Morgan fingerprint density at radius 1 is 0.633 bits per heavy atom. The van der Waals surface area contributed by atoms with Gasteiger partial charge in [0.25, 0.3) is 0 Å². The molecule has 2 aromatic carbocycles. The number of rotatable bonds is 24. The van der Waals surface area contributed by atoms with Crippen LogP contribution in [0.2, 0.25) is 0 Å². The van der Waals surface area contributed by atoms with Gasteiger partial charge in [-0.15, -0.1) is 0 Å². The molecule has 0 saturated carbocycles. The van der Waals surface area contributed by atoms with Crippen LogP contribution in [-0.4, -0.2) is 144 Å². The van der Waals surface area contributed by atoms with Crippen LogP contribution in [-0.2, 0) is 54.4 Å². The minimum absolute atomic E-state index is 0.0241. The van der Waals surface area contributed by atoms with Gasteiger partial charge in [0.15, 0.2) is 17.3 Å². The van der Waals surface area contributed by atoms with E-state index in [4.69, 9.17) is 28.7 Å². The number of amides is 6. The number of Topliss-reactive ketones (excluding diaryl/α,β-unsaturated/α-hetero) is 4. The predicted octanol–water partition coefficient (Wildman–Crippen LogP) is -1.23. The van der Waals surface area contributed by atoms with Crippen molar-refractivity contribution in [1.82, 2.24) is 31.9 Å². The summed E-state index contributed by atoms with van der Waals surface area (Å²) in [6.07, 6.45) is -5.48. The van der Waals surface area contributed by atoms with Gasteiger partial charge in [0, 0.05) is 56.5 Å². The third-order valence-electron chi connectivity index (χ3n) is 14.0. The van der Waals surface area contributed by atoms with E-state index in [-0.39, 0.29) is 90.0 Å². The highest BCUT2D eigenvalue weighted by atomic mass is 16.3. The Bertz CT molecular complexity index is 2320. The molecule has 3 unspecified atom stereocenters. The van der Waals surface area contributed by atoms with E-state index < -0.39 is 156 Å². The number of nitrogens with one attached hydrogen (secondary N) is 6. The Kier molecular flexibility index (Phi) is 29.3. The molecule has 3 rings (SSSR count). The molecule has 0 bridgehead atoms. The molecule has 6 amide bonds. The normalized spacial score (nSPS) is 23.6. The molecule has 23 heteroatoms. The summed E-state index contributed by atoms with van der Waals surface area (Å²) in [6.45, 7) is 5.56. The van der Waals surface area contributed by atoms with Crippen molar-refractivity contribution in [2.75, 3.05) is 32.7 Å². The summed E-state index contributed by atoms with van der Waals surface area (Å²) in [5.74, 6) is -12.4. The van der Waals surface area contributed by atoms with Crippen LogP contribution < -0.4 is 60.6 Å². The van der Waals surface area contributed by atoms with Gasteiger partial charge in [0.1, 0.15) is 17.9 Å². The highest BCUT2D eigenvalue weighted by molar-refractivity contribution is 5.98. The van der Waals surface area contributed by atoms with E-state index in [9.17, 15) is 58.2 Å². The highest BCUT2D eigenvalue weighted by Crippen LogP contribution is 2.22. The maximum absolute atomic E-state index is 14.6. The van der Waals surface area contributed by atoms with Gasteiger partial charge < -0.3 is 70.8 Å². The average Bonchev–Trinajstić information content (AvgIpc) is 3.40. The van der Waals surface area contributed by atoms with Gasteiger partial charge in [0.05, 0.1) is 42.2 Å². The topological polar surface area (TPSA) is 413 Å². The lowest BCUT2D eigenvalue weighted by atomic mass is 9.89. The fourth-order valence-corrected chi connectivity index (χ4v) is 9.45. The lowest BCUT2D eigenvalue weighted by molar-refractivity contribution is -0.137. The predicted molar refractivity (Wildman–Crippen MR) is 295 cm³/mol. The average molecular weight is 1110 g/mol. The summed E-state index contributed by atoms with van der Waals surface area (Å²) < 4.78 is 0. The van der Waals surface area contributed by atoms with Crippen molar-refractivity contribution in [1.29, 1.82) is 0 Å². The molecule has 1 aliphatic heterocycles. The number of ketones is 4. The van der Waals surface area contributed by atoms with Crippen molar-refractivity contribution in [3.63, 3.8) is 0 Å². The second-order valence-electron chi connectivity index (χ2n) is 21.1. The Hall–Kier alpha value is -6.34. The van der Waals surface area contributed by atoms with E-state index in [0.717, 1.165) is 0 Å². The molecule has 0 aromatic heterocycles. The van der Waals surface area contributed by atoms with Crippen LogP contribution in [0.1, 0.15) is 115 Å². The first-order chi connectivity index (χ1) is 37.5. The number of hydrogen-bond donors (Lipinski definition) is 13. The van der Waals surface area contributed by atoms with E-state index in [1.807, 2.05) is 13.8 Å². The summed E-state index contributed by atoms with van der Waals surface area (Å²) in [5, 5.41) is 37.6. The Balaban J connectivity index is 2.09. The van der Waals surface area contributed by atoms with Crippen LogP contribution in [0, 0.1) is 29.6 Å². The Labute approximate surface area is 463 Å². The number of benzene rings is 2. The number of aliphatic hydroxyl groups excluding tert-OH is 2. The minimum atomic E-state index is -1.42. The van der Waals surface area contributed by atoms with Crippen LogP contribution in [0.3, 0.4) is 0 Å². The SMILES string of the molecule is CC(C)C[C@@H]1NC(=O)[C@@H](Cc2ccccc2)CC(=O)[C@H](CCN)NC(=O)[C@@H](CC(=O)[C@H](CCN)NC(=O)[C@@H](CC(=O)CC(N)c2ccccc2)C(C)O)CCNC(=O)[C@H](C(C)O)CC(=O)[C@H](CCN)NC(=O)[C@H](CCN)NC1=O. The molecule has 1 heterocycles. The van der Waals surface area contributed by atoms with E-state index >= 15 is 0 Å². The molecular formula is C56H87N11O12. The zero-order valence-electron chi connectivity index (χ0n) is 46.2. The summed E-state index contributed by atoms with van der Waals surface area (Å²) in [5.41, 5.74) is 31.3. The van der Waals surface area contributed by atoms with Crippen molar-refractivity contribution < 1.29 is 58.2 Å². The minimum Gasteiger partial charge on any atom is -0.393 e. The first-order valence-electron chi connectivity index (χ1n) is 27.4. The first-order valence-corrected chi connectivity index (χ1v) is 27.4. The summed E-state index contributed by atoms with van der Waals surface area (Å²) in [4.78, 5) is 141. The molecule has 0 radical (unpaired) electrons. The summed E-state index contributed by atoms with van der Waals surface area (Å²) >= 11 is 0. The fraction of sp³-hybridized carbons (Fsp3) is 0.607. The molecule has 438 valence electrons. The van der Waals surface area contributed by atoms with E-state index in [1.54, 1.807) is 60.7 Å². The third-order valence-corrected chi connectivity index (χ3v) is 14.0. The van der Waals surface area contributed by atoms with Gasteiger partial charge in [-0.2, -0.15) is 0 Å². The lowest BCUT2D eigenvalue weighted by Gasteiger charge is -2.28. The number of carbonyl (C=O) groups excluding carboxylic acids is 10. The van der Waals surface area contributed by atoms with Crippen LogP contribution in [0.5, 0.6) is 0 Å². The van der Waals surface area contributed by atoms with Crippen molar-refractivity contribution >= 4 is 58.6 Å². The van der Waals surface area contributed by atoms with Gasteiger partial charge in [-0.1, -0.05) is 74.5 Å². The zero-order chi connectivity index (χ0) is 58.8. The molecule has 1 fully saturated rings. The summed E-state index contributed by atoms with van der Waals surface area (Å²) in [7, 11) is 0. The maximum Gasteiger partial charge on any atom is 0.243 e. The molecule has 0 aliphatic carbocycles. The standard InChI is InChI=1S/C56H87N11O12/c1-32(2)25-47-56(79)66-46(18-23-60)55(78)65-45(17-22-59)50(73)31-41(34(4)69)53(76)62-24-19-37(51(74)63-43(15-20-57)49(72)28-38(52(75)67-47)26-35-11-7-5-8-12-35)27-48(71)44(16-21-58)64-54(77)40(33(3)68)29-39(70)30-42(61)36-13-9-6-10-14-36/h5-14,32-34,37-38,40-47,68-69H,15-31,57-61H2,1-4H3,(H,62,76)(H,63,74)(H,64,77)(H,65,78)(H,66,79)(H,67,75)/t33?,34?,37-,38+,40+,41+,42?,43+,44+,45+,46+,47+/m1/s1. The number of carbonyl (C=O) groups is 10. The van der Waals surface area contributed by atoms with Crippen LogP contribution in [0.25, 0.3) is 0 Å². The van der Waals surface area contributed by atoms with Gasteiger partial charge in [0.2, 0.25) is 35.4 Å². The summed E-state index contributed by atoms with van der Waals surface area (Å²) in [6, 6.07) is 10.5. The van der Waals surface area contributed by atoms with Gasteiger partial charge >= 0.3 is 0 Å². The Morgan fingerprint density at radius 3 is 1.71 bits per heavy atom. The van der Waals surface area contributed by atoms with E-state index in [2.05, 4.69) is 31.9 Å². The molecule has 12 atom stereocenters. The molecule has 1 saturated heterocycles. The van der Waals surface area contributed by atoms with Crippen molar-refractivity contribution in [3.05, 3.63) is 71.8 Å². The van der Waals surface area contributed by atoms with Crippen molar-refractivity contribution in [2.24, 2.45) is 58.3 Å². The van der Waals surface area contributed by atoms with Gasteiger partial charge in [-0.05, 0) is 102 Å². The molecule has 23 nitrogen and oxygen atoms in total. The van der Waals surface area contributed by atoms with Gasteiger partial charge in [-0.25, -0.2) is 0 Å². The molecule has 1 aliphatic rings. The molecule has 79 heavy (non-hydrogen) atoms. The zero-order valence-corrected chi connectivity index (χ0v) is 46.2. The van der Waals surface area contributed by atoms with Crippen LogP contribution in [0.4, 0.5) is 0 Å². The van der Waals surface area contributed by atoms with Crippen LogP contribution >= 0.6 is 0 Å². The number of nitrogens with two attached hydrogens (primary N) is 5. The third kappa shape index (κ3) is 22.7.